The first-order valence-corrected chi connectivity index (χ1v) is 9.77. The maximum Gasteiger partial charge on any atom is 0.340 e. The molecule has 0 amide bonds. The quantitative estimate of drug-likeness (QED) is 0.426. The minimum absolute atomic E-state index is 0.217. The molecular weight excluding hydrogens is 376 g/mol. The fraction of sp³-hybridized carbons (Fsp3) is 0.286. The average molecular weight is 398 g/mol. The van der Waals surface area contributed by atoms with Gasteiger partial charge in [0.05, 0.1) is 12.7 Å². The third-order valence-corrected chi connectivity index (χ3v) is 5.49. The minimum atomic E-state index is -0.588. The van der Waals surface area contributed by atoms with E-state index < -0.39 is 5.97 Å². The van der Waals surface area contributed by atoms with Crippen LogP contribution in [0.4, 0.5) is 0 Å². The Kier molecular flexibility index (Phi) is 6.26. The van der Waals surface area contributed by atoms with E-state index in [1.54, 1.807) is 23.5 Å². The zero-order chi connectivity index (χ0) is 20.1. The Bertz CT molecular complexity index is 959. The number of rotatable bonds is 8. The topological polar surface area (TPSA) is 70.4 Å². The molecule has 7 heteroatoms. The monoisotopic (exact) mass is 398 g/mol. The van der Waals surface area contributed by atoms with Crippen molar-refractivity contribution in [3.8, 4) is 5.88 Å². The molecule has 146 valence electrons. The Morgan fingerprint density at radius 2 is 2.04 bits per heavy atom. The van der Waals surface area contributed by atoms with Crippen LogP contribution < -0.4 is 4.74 Å². The number of esters is 1. The molecule has 0 spiro atoms. The van der Waals surface area contributed by atoms with E-state index in [9.17, 15) is 9.59 Å². The van der Waals surface area contributed by atoms with Gasteiger partial charge in [-0.15, -0.1) is 11.3 Å². The van der Waals surface area contributed by atoms with Crippen LogP contribution in [0.1, 0.15) is 37.0 Å². The Morgan fingerprint density at radius 3 is 2.68 bits per heavy atom. The van der Waals surface area contributed by atoms with Crippen LogP contribution in [0.25, 0.3) is 0 Å². The standard InChI is InChI=1S/C21H22N2O4S/c1-14-11-18(15(2)23(14)9-8-17-5-4-10-28-17)19(24)13-27-21(25)16-6-7-20(26-3)22-12-16/h4-7,10-12H,8-9,13H2,1-3H3. The highest BCUT2D eigenvalue weighted by atomic mass is 32.1. The maximum absolute atomic E-state index is 12.6. The molecule has 0 saturated carbocycles. The number of hydrogen-bond donors (Lipinski definition) is 0. The zero-order valence-corrected chi connectivity index (χ0v) is 16.9. The third-order valence-electron chi connectivity index (χ3n) is 4.55. The van der Waals surface area contributed by atoms with Gasteiger partial charge in [0.1, 0.15) is 0 Å². The number of hydrogen-bond acceptors (Lipinski definition) is 6. The van der Waals surface area contributed by atoms with E-state index in [1.165, 1.54) is 18.2 Å². The van der Waals surface area contributed by atoms with Crippen molar-refractivity contribution in [3.05, 3.63) is 69.3 Å². The summed E-state index contributed by atoms with van der Waals surface area (Å²) in [6.45, 7) is 4.40. The van der Waals surface area contributed by atoms with Gasteiger partial charge in [0.2, 0.25) is 11.7 Å². The van der Waals surface area contributed by atoms with Crippen LogP contribution in [0, 0.1) is 13.8 Å². The predicted molar refractivity (Wildman–Crippen MR) is 107 cm³/mol. The number of nitrogens with zero attached hydrogens (tertiary/aromatic N) is 2. The fourth-order valence-corrected chi connectivity index (χ4v) is 3.72. The zero-order valence-electron chi connectivity index (χ0n) is 16.1. The number of Topliss-reactive ketones (excluding diaryl/α,β-unsaturated/α-hetero) is 1. The first-order valence-electron chi connectivity index (χ1n) is 8.89. The summed E-state index contributed by atoms with van der Waals surface area (Å²) in [6.07, 6.45) is 2.28. The summed E-state index contributed by atoms with van der Waals surface area (Å²) in [5.74, 6) is -0.400. The lowest BCUT2D eigenvalue weighted by Gasteiger charge is -2.09. The highest BCUT2D eigenvalue weighted by Crippen LogP contribution is 2.18. The Balaban J connectivity index is 1.62. The van der Waals surface area contributed by atoms with Crippen LogP contribution in [0.5, 0.6) is 5.88 Å². The van der Waals surface area contributed by atoms with Crippen LogP contribution in [-0.4, -0.2) is 35.0 Å². The van der Waals surface area contributed by atoms with E-state index in [4.69, 9.17) is 9.47 Å². The molecule has 3 aromatic heterocycles. The van der Waals surface area contributed by atoms with Gasteiger partial charge in [-0.2, -0.15) is 0 Å². The smallest absolute Gasteiger partial charge is 0.340 e. The molecule has 0 aliphatic heterocycles. The minimum Gasteiger partial charge on any atom is -0.481 e. The van der Waals surface area contributed by atoms with Gasteiger partial charge in [-0.3, -0.25) is 4.79 Å². The van der Waals surface area contributed by atoms with E-state index in [-0.39, 0.29) is 18.0 Å². The molecular formula is C21H22N2O4S. The Morgan fingerprint density at radius 1 is 1.21 bits per heavy atom. The molecule has 3 rings (SSSR count). The van der Waals surface area contributed by atoms with Crippen LogP contribution in [0.2, 0.25) is 0 Å². The lowest BCUT2D eigenvalue weighted by atomic mass is 10.1. The normalized spacial score (nSPS) is 10.7. The van der Waals surface area contributed by atoms with Crippen molar-refractivity contribution >= 4 is 23.1 Å². The van der Waals surface area contributed by atoms with E-state index in [0.29, 0.717) is 11.4 Å². The second kappa shape index (κ2) is 8.84. The van der Waals surface area contributed by atoms with Crippen LogP contribution in [0.3, 0.4) is 0 Å². The van der Waals surface area contributed by atoms with Crippen molar-refractivity contribution in [2.24, 2.45) is 0 Å². The lowest BCUT2D eigenvalue weighted by molar-refractivity contribution is 0.0474. The number of ketones is 1. The molecule has 3 heterocycles. The summed E-state index contributed by atoms with van der Waals surface area (Å²) >= 11 is 1.73. The van der Waals surface area contributed by atoms with Gasteiger partial charge in [-0.25, -0.2) is 9.78 Å². The number of pyridine rings is 1. The van der Waals surface area contributed by atoms with Gasteiger partial charge in [-0.1, -0.05) is 6.07 Å². The number of carbonyl (C=O) groups is 2. The summed E-state index contributed by atoms with van der Waals surface area (Å²) in [6, 6.07) is 9.12. The summed E-state index contributed by atoms with van der Waals surface area (Å²) in [5, 5.41) is 2.06. The molecule has 0 aliphatic carbocycles. The number of aryl methyl sites for hydroxylation is 2. The third kappa shape index (κ3) is 4.48. The fourth-order valence-electron chi connectivity index (χ4n) is 3.02. The second-order valence-electron chi connectivity index (χ2n) is 6.35. The average Bonchev–Trinajstić information content (AvgIpc) is 3.32. The van der Waals surface area contributed by atoms with Crippen molar-refractivity contribution in [3.63, 3.8) is 0 Å². The van der Waals surface area contributed by atoms with Gasteiger partial charge in [-0.05, 0) is 43.8 Å². The van der Waals surface area contributed by atoms with Crippen LogP contribution >= 0.6 is 11.3 Å². The van der Waals surface area contributed by atoms with Crippen LogP contribution in [0.15, 0.2) is 41.9 Å². The summed E-state index contributed by atoms with van der Waals surface area (Å²) < 4.78 is 12.2. The summed E-state index contributed by atoms with van der Waals surface area (Å²) in [5.41, 5.74) is 2.77. The largest absolute Gasteiger partial charge is 0.481 e. The van der Waals surface area contributed by atoms with E-state index >= 15 is 0 Å². The SMILES string of the molecule is COc1ccc(C(=O)OCC(=O)c2cc(C)n(CCc3cccs3)c2C)cn1. The van der Waals surface area contributed by atoms with Gasteiger partial charge >= 0.3 is 5.97 Å². The number of aromatic nitrogens is 2. The molecule has 0 N–H and O–H groups in total. The van der Waals surface area contributed by atoms with Gasteiger partial charge < -0.3 is 14.0 Å². The number of ether oxygens (including phenoxy) is 2. The van der Waals surface area contributed by atoms with E-state index in [2.05, 4.69) is 21.0 Å². The van der Waals surface area contributed by atoms with E-state index in [0.717, 1.165) is 24.4 Å². The lowest BCUT2D eigenvalue weighted by Crippen LogP contribution is -2.15. The molecule has 0 radical (unpaired) electrons. The number of methoxy groups -OCH3 is 1. The maximum atomic E-state index is 12.6. The van der Waals surface area contributed by atoms with Crippen molar-refractivity contribution < 1.29 is 19.1 Å². The molecule has 0 unspecified atom stereocenters. The molecule has 0 aromatic carbocycles. The number of thiophene rings is 1. The molecule has 6 nitrogen and oxygen atoms in total. The second-order valence-corrected chi connectivity index (χ2v) is 7.39. The summed E-state index contributed by atoms with van der Waals surface area (Å²) in [7, 11) is 1.50. The molecule has 0 atom stereocenters. The first-order chi connectivity index (χ1) is 13.5. The Hall–Kier alpha value is -2.93. The van der Waals surface area contributed by atoms with Crippen molar-refractivity contribution in [1.29, 1.82) is 0 Å². The van der Waals surface area contributed by atoms with Crippen molar-refractivity contribution in [2.45, 2.75) is 26.8 Å². The molecule has 3 aromatic rings. The number of carbonyl (C=O) groups excluding carboxylic acids is 2. The Labute approximate surface area is 167 Å². The molecule has 28 heavy (non-hydrogen) atoms. The molecule has 0 fully saturated rings. The van der Waals surface area contributed by atoms with Gasteiger partial charge in [0, 0.05) is 40.6 Å². The highest BCUT2D eigenvalue weighted by molar-refractivity contribution is 7.09. The first kappa shape index (κ1) is 19.8. The van der Waals surface area contributed by atoms with Crippen molar-refractivity contribution in [2.75, 3.05) is 13.7 Å². The molecule has 0 aliphatic rings. The van der Waals surface area contributed by atoms with Crippen molar-refractivity contribution in [1.82, 2.24) is 9.55 Å². The summed E-state index contributed by atoms with van der Waals surface area (Å²) in [4.78, 5) is 30.0. The highest BCUT2D eigenvalue weighted by Gasteiger charge is 2.18. The van der Waals surface area contributed by atoms with E-state index in [1.807, 2.05) is 26.0 Å². The molecule has 0 saturated heterocycles. The van der Waals surface area contributed by atoms with Gasteiger partial charge in [0.15, 0.2) is 6.61 Å². The predicted octanol–water partition coefficient (Wildman–Crippen LogP) is 3.85. The van der Waals surface area contributed by atoms with Gasteiger partial charge in [0.25, 0.3) is 0 Å². The van der Waals surface area contributed by atoms with Crippen LogP contribution in [-0.2, 0) is 17.7 Å². The molecule has 0 bridgehead atoms.